The molecular formula is C20H26N2O2. The first kappa shape index (κ1) is 15.7. The zero-order valence-electron chi connectivity index (χ0n) is 14.6. The van der Waals surface area contributed by atoms with Crippen LogP contribution in [-0.4, -0.2) is 28.2 Å². The van der Waals surface area contributed by atoms with Crippen LogP contribution in [-0.2, 0) is 4.79 Å². The largest absolute Gasteiger partial charge is 0.390 e. The fourth-order valence-electron chi connectivity index (χ4n) is 4.66. The van der Waals surface area contributed by atoms with Crippen molar-refractivity contribution < 1.29 is 9.90 Å². The van der Waals surface area contributed by atoms with Gasteiger partial charge in [-0.3, -0.25) is 4.79 Å². The lowest BCUT2D eigenvalue weighted by atomic mass is 9.49. The van der Waals surface area contributed by atoms with Crippen molar-refractivity contribution in [2.24, 2.45) is 11.8 Å². The predicted molar refractivity (Wildman–Crippen MR) is 94.7 cm³/mol. The second kappa shape index (κ2) is 5.09. The molecule has 2 unspecified atom stereocenters. The summed E-state index contributed by atoms with van der Waals surface area (Å²) in [6.45, 7) is 5.88. The predicted octanol–water partition coefficient (Wildman–Crippen LogP) is 2.77. The zero-order chi connectivity index (χ0) is 17.1. The molecule has 3 saturated carbocycles. The molecule has 128 valence electrons. The van der Waals surface area contributed by atoms with Crippen LogP contribution in [0.5, 0.6) is 0 Å². The fourth-order valence-corrected chi connectivity index (χ4v) is 4.66. The number of fused-ring (bicyclic) bond motifs is 1. The molecule has 4 bridgehead atoms. The number of hydrogen-bond donors (Lipinski definition) is 3. The van der Waals surface area contributed by atoms with Crippen LogP contribution < -0.4 is 10.6 Å². The van der Waals surface area contributed by atoms with Crippen LogP contribution in [0, 0.1) is 18.8 Å². The molecule has 0 saturated heterocycles. The number of amides is 1. The lowest BCUT2D eigenvalue weighted by Gasteiger charge is -2.60. The molecule has 0 heterocycles. The second-order valence-corrected chi connectivity index (χ2v) is 8.32. The van der Waals surface area contributed by atoms with Crippen LogP contribution in [0.4, 0.5) is 5.69 Å². The van der Waals surface area contributed by atoms with Gasteiger partial charge in [-0.15, -0.1) is 0 Å². The molecule has 4 nitrogen and oxygen atoms in total. The molecule has 0 aromatic heterocycles. The number of anilines is 1. The molecule has 1 aromatic rings. The summed E-state index contributed by atoms with van der Waals surface area (Å²) in [6, 6.07) is 8.20. The summed E-state index contributed by atoms with van der Waals surface area (Å²) in [7, 11) is 0. The minimum atomic E-state index is -0.680. The van der Waals surface area contributed by atoms with Crippen molar-refractivity contribution in [3.8, 4) is 0 Å². The number of aryl methyl sites for hydroxylation is 1. The van der Waals surface area contributed by atoms with E-state index in [4.69, 9.17) is 0 Å². The van der Waals surface area contributed by atoms with E-state index in [9.17, 15) is 9.90 Å². The standard InChI is InChI=1S/C20H26N2O2/c1-12-6-4-5-7-16(12)22-19(2,3)18(23)21-17-14-10-20(24)9-8-13(14)15(17)11-20/h4-8,14-15,17,22,24H,9-11H2,1-3H3,(H,21,23)/t14-,15+,17?,20?. The van der Waals surface area contributed by atoms with E-state index in [1.165, 1.54) is 5.57 Å². The summed E-state index contributed by atoms with van der Waals surface area (Å²) < 4.78 is 0. The third kappa shape index (κ3) is 2.35. The smallest absolute Gasteiger partial charge is 0.245 e. The maximum atomic E-state index is 12.8. The molecule has 1 aromatic carbocycles. The fraction of sp³-hybridized carbons (Fsp3) is 0.550. The van der Waals surface area contributed by atoms with Gasteiger partial charge in [-0.05, 0) is 51.7 Å². The number of rotatable bonds is 4. The highest BCUT2D eigenvalue weighted by Gasteiger charge is 2.59. The van der Waals surface area contributed by atoms with Crippen LogP contribution in [0.15, 0.2) is 35.9 Å². The Kier molecular flexibility index (Phi) is 3.33. The summed E-state index contributed by atoms with van der Waals surface area (Å²) in [4.78, 5) is 12.8. The Labute approximate surface area is 143 Å². The monoisotopic (exact) mass is 326 g/mol. The van der Waals surface area contributed by atoms with Gasteiger partial charge < -0.3 is 15.7 Å². The Hall–Kier alpha value is -1.81. The molecule has 0 radical (unpaired) electrons. The molecule has 4 atom stereocenters. The highest BCUT2D eigenvalue weighted by Crippen LogP contribution is 2.58. The second-order valence-electron chi connectivity index (χ2n) is 8.32. The molecule has 0 aliphatic heterocycles. The minimum absolute atomic E-state index is 0.0239. The summed E-state index contributed by atoms with van der Waals surface area (Å²) in [5, 5.41) is 17.1. The van der Waals surface area contributed by atoms with E-state index in [0.29, 0.717) is 11.8 Å². The number of hydrogen-bond acceptors (Lipinski definition) is 3. The van der Waals surface area contributed by atoms with E-state index in [2.05, 4.69) is 16.7 Å². The van der Waals surface area contributed by atoms with Gasteiger partial charge in [0.05, 0.1) is 5.60 Å². The Bertz CT molecular complexity index is 706. The minimum Gasteiger partial charge on any atom is -0.390 e. The Balaban J connectivity index is 1.44. The van der Waals surface area contributed by atoms with Gasteiger partial charge in [0.1, 0.15) is 5.54 Å². The van der Waals surface area contributed by atoms with Crippen molar-refractivity contribution in [3.05, 3.63) is 41.5 Å². The van der Waals surface area contributed by atoms with Crippen LogP contribution in [0.25, 0.3) is 0 Å². The van der Waals surface area contributed by atoms with Crippen LogP contribution in [0.3, 0.4) is 0 Å². The van der Waals surface area contributed by atoms with Crippen molar-refractivity contribution >= 4 is 11.6 Å². The maximum Gasteiger partial charge on any atom is 0.245 e. The third-order valence-corrected chi connectivity index (χ3v) is 6.10. The van der Waals surface area contributed by atoms with Crippen LogP contribution >= 0.6 is 0 Å². The lowest BCUT2D eigenvalue weighted by molar-refractivity contribution is -0.131. The van der Waals surface area contributed by atoms with E-state index in [1.54, 1.807) is 0 Å². The normalized spacial score (nSPS) is 33.5. The van der Waals surface area contributed by atoms with E-state index in [1.807, 2.05) is 45.0 Å². The van der Waals surface area contributed by atoms with Gasteiger partial charge in [0.2, 0.25) is 5.91 Å². The molecule has 1 amide bonds. The lowest BCUT2D eigenvalue weighted by Crippen LogP contribution is -2.67. The average Bonchev–Trinajstić information content (AvgIpc) is 2.53. The number of nitrogens with one attached hydrogen (secondary N) is 2. The summed E-state index contributed by atoms with van der Waals surface area (Å²) in [6.07, 6.45) is 4.58. The van der Waals surface area contributed by atoms with Crippen molar-refractivity contribution in [1.82, 2.24) is 5.32 Å². The highest BCUT2D eigenvalue weighted by atomic mass is 16.3. The van der Waals surface area contributed by atoms with E-state index in [0.717, 1.165) is 30.5 Å². The molecule has 0 spiro atoms. The van der Waals surface area contributed by atoms with E-state index >= 15 is 0 Å². The van der Waals surface area contributed by atoms with E-state index < -0.39 is 11.1 Å². The number of carbonyl (C=O) groups is 1. The van der Waals surface area contributed by atoms with E-state index in [-0.39, 0.29) is 11.9 Å². The number of benzene rings is 1. The SMILES string of the molecule is Cc1ccccc1NC(C)(C)C(=O)NC1[C@@H]2CC3(O)CC=C2[C@@H]1C3. The first-order valence-corrected chi connectivity index (χ1v) is 8.86. The van der Waals surface area contributed by atoms with Gasteiger partial charge in [-0.25, -0.2) is 0 Å². The van der Waals surface area contributed by atoms with Crippen LogP contribution in [0.2, 0.25) is 0 Å². The molecule has 5 aliphatic carbocycles. The molecule has 5 aliphatic rings. The Morgan fingerprint density at radius 2 is 1.92 bits per heavy atom. The topological polar surface area (TPSA) is 61.4 Å². The molecular weight excluding hydrogens is 300 g/mol. The van der Waals surface area contributed by atoms with Gasteiger partial charge >= 0.3 is 0 Å². The van der Waals surface area contributed by atoms with Crippen molar-refractivity contribution in [2.75, 3.05) is 5.32 Å². The van der Waals surface area contributed by atoms with Gasteiger partial charge in [-0.2, -0.15) is 0 Å². The summed E-state index contributed by atoms with van der Waals surface area (Å²) >= 11 is 0. The van der Waals surface area contributed by atoms with Crippen molar-refractivity contribution in [2.45, 2.75) is 57.2 Å². The van der Waals surface area contributed by atoms with Gasteiger partial charge in [-0.1, -0.05) is 29.8 Å². The zero-order valence-corrected chi connectivity index (χ0v) is 14.6. The average molecular weight is 326 g/mol. The highest BCUT2D eigenvalue weighted by molar-refractivity contribution is 5.89. The van der Waals surface area contributed by atoms with Gasteiger partial charge in [0.15, 0.2) is 0 Å². The van der Waals surface area contributed by atoms with Gasteiger partial charge in [0.25, 0.3) is 0 Å². The molecule has 3 N–H and O–H groups in total. The van der Waals surface area contributed by atoms with Crippen molar-refractivity contribution in [3.63, 3.8) is 0 Å². The molecule has 24 heavy (non-hydrogen) atoms. The Morgan fingerprint density at radius 3 is 2.54 bits per heavy atom. The number of para-hydroxylation sites is 1. The number of carbonyl (C=O) groups excluding carboxylic acids is 1. The van der Waals surface area contributed by atoms with Crippen molar-refractivity contribution in [1.29, 1.82) is 0 Å². The summed E-state index contributed by atoms with van der Waals surface area (Å²) in [5.74, 6) is 0.692. The quantitative estimate of drug-likeness (QED) is 0.746. The van der Waals surface area contributed by atoms with Crippen LogP contribution in [0.1, 0.15) is 38.7 Å². The first-order chi connectivity index (χ1) is 11.3. The number of aliphatic hydroxyl groups is 1. The molecule has 3 fully saturated rings. The molecule has 4 heteroatoms. The summed E-state index contributed by atoms with van der Waals surface area (Å²) in [5.41, 5.74) is 2.38. The first-order valence-electron chi connectivity index (χ1n) is 8.86. The Morgan fingerprint density at radius 1 is 1.25 bits per heavy atom. The maximum absolute atomic E-state index is 12.8. The van der Waals surface area contributed by atoms with Gasteiger partial charge in [0, 0.05) is 23.6 Å². The third-order valence-electron chi connectivity index (χ3n) is 6.10. The molecule has 6 rings (SSSR count).